The van der Waals surface area contributed by atoms with Crippen molar-refractivity contribution < 1.29 is 4.79 Å². The summed E-state index contributed by atoms with van der Waals surface area (Å²) in [5.41, 5.74) is 0. The number of aromatic nitrogens is 2. The highest BCUT2D eigenvalue weighted by Crippen LogP contribution is 2.56. The molecule has 1 amide bonds. The predicted octanol–water partition coefficient (Wildman–Crippen LogP) is 1.75. The van der Waals surface area contributed by atoms with Crippen LogP contribution < -0.4 is 5.32 Å². The summed E-state index contributed by atoms with van der Waals surface area (Å²) >= 11 is 0. The van der Waals surface area contributed by atoms with Crippen LogP contribution in [-0.2, 0) is 11.8 Å². The van der Waals surface area contributed by atoms with Crippen molar-refractivity contribution in [3.63, 3.8) is 0 Å². The van der Waals surface area contributed by atoms with E-state index in [0.29, 0.717) is 23.7 Å². The molecule has 2 aliphatic carbocycles. The largest absolute Gasteiger partial charge is 0.336 e. The van der Waals surface area contributed by atoms with Crippen LogP contribution >= 0.6 is 12.4 Å². The van der Waals surface area contributed by atoms with Gasteiger partial charge in [-0.25, -0.2) is 4.98 Å². The Labute approximate surface area is 137 Å². The van der Waals surface area contributed by atoms with Gasteiger partial charge in [0, 0.05) is 45.0 Å². The SMILES string of the molecule is Cl.Cn1ccnc1C1CNCCN1C(=O)C1C2CCCCC21. The molecule has 3 atom stereocenters. The van der Waals surface area contributed by atoms with Gasteiger partial charge in [0.15, 0.2) is 0 Å². The summed E-state index contributed by atoms with van der Waals surface area (Å²) in [6.45, 7) is 2.53. The zero-order valence-corrected chi connectivity index (χ0v) is 13.9. The summed E-state index contributed by atoms with van der Waals surface area (Å²) in [6, 6.07) is 0.0916. The summed E-state index contributed by atoms with van der Waals surface area (Å²) in [6.07, 6.45) is 8.94. The van der Waals surface area contributed by atoms with E-state index in [4.69, 9.17) is 0 Å². The van der Waals surface area contributed by atoms with Crippen molar-refractivity contribution in [1.29, 1.82) is 0 Å². The zero-order chi connectivity index (χ0) is 14.4. The van der Waals surface area contributed by atoms with Crippen LogP contribution in [0.1, 0.15) is 37.5 Å². The first kappa shape index (κ1) is 15.8. The second kappa shape index (κ2) is 6.20. The average Bonchev–Trinajstić information content (AvgIpc) is 3.10. The average molecular weight is 325 g/mol. The van der Waals surface area contributed by atoms with Crippen molar-refractivity contribution >= 4 is 18.3 Å². The Morgan fingerprint density at radius 3 is 2.68 bits per heavy atom. The number of nitrogens with one attached hydrogen (secondary N) is 1. The Balaban J connectivity index is 0.00000144. The second-order valence-corrected chi connectivity index (χ2v) is 6.79. The van der Waals surface area contributed by atoms with Crippen molar-refractivity contribution in [1.82, 2.24) is 19.8 Å². The van der Waals surface area contributed by atoms with Crippen molar-refractivity contribution in [3.8, 4) is 0 Å². The molecular weight excluding hydrogens is 300 g/mol. The van der Waals surface area contributed by atoms with Crippen LogP contribution in [0.15, 0.2) is 12.4 Å². The van der Waals surface area contributed by atoms with Gasteiger partial charge in [-0.3, -0.25) is 4.79 Å². The lowest BCUT2D eigenvalue weighted by molar-refractivity contribution is -0.136. The molecule has 1 N–H and O–H groups in total. The van der Waals surface area contributed by atoms with Crippen LogP contribution in [0.4, 0.5) is 0 Å². The molecule has 6 heteroatoms. The summed E-state index contributed by atoms with van der Waals surface area (Å²) in [5, 5.41) is 3.41. The molecule has 0 spiro atoms. The quantitative estimate of drug-likeness (QED) is 0.901. The molecule has 2 heterocycles. The number of aryl methyl sites for hydroxylation is 1. The van der Waals surface area contributed by atoms with E-state index in [9.17, 15) is 4.79 Å². The molecule has 22 heavy (non-hydrogen) atoms. The molecule has 1 saturated heterocycles. The number of fused-ring (bicyclic) bond motifs is 1. The molecule has 122 valence electrons. The zero-order valence-electron chi connectivity index (χ0n) is 13.1. The molecule has 2 saturated carbocycles. The normalized spacial score (nSPS) is 33.8. The summed E-state index contributed by atoms with van der Waals surface area (Å²) in [4.78, 5) is 19.6. The van der Waals surface area contributed by atoms with E-state index in [-0.39, 0.29) is 18.4 Å². The van der Waals surface area contributed by atoms with Crippen LogP contribution in [0.5, 0.6) is 0 Å². The fraction of sp³-hybridized carbons (Fsp3) is 0.750. The number of nitrogens with zero attached hydrogens (tertiary/aromatic N) is 3. The Morgan fingerprint density at radius 2 is 2.05 bits per heavy atom. The van der Waals surface area contributed by atoms with Gasteiger partial charge in [0.1, 0.15) is 11.9 Å². The number of hydrogen-bond donors (Lipinski definition) is 1. The van der Waals surface area contributed by atoms with Crippen LogP contribution in [0.2, 0.25) is 0 Å². The van der Waals surface area contributed by atoms with Crippen LogP contribution in [0, 0.1) is 17.8 Å². The third kappa shape index (κ3) is 2.54. The van der Waals surface area contributed by atoms with Crippen molar-refractivity contribution in [3.05, 3.63) is 18.2 Å². The molecule has 0 aromatic carbocycles. The Bertz CT molecular complexity index is 534. The van der Waals surface area contributed by atoms with E-state index in [1.54, 1.807) is 0 Å². The van der Waals surface area contributed by atoms with Crippen molar-refractivity contribution in [2.45, 2.75) is 31.7 Å². The van der Waals surface area contributed by atoms with E-state index in [1.165, 1.54) is 25.7 Å². The molecular formula is C16H25ClN4O. The number of halogens is 1. The lowest BCUT2D eigenvalue weighted by atomic mass is 10.0. The van der Waals surface area contributed by atoms with Gasteiger partial charge in [-0.15, -0.1) is 12.4 Å². The number of carbonyl (C=O) groups is 1. The standard InChI is InChI=1S/C16H24N4O.ClH/c1-19-8-7-18-15(19)13-10-17-6-9-20(13)16(21)14-11-4-2-3-5-12(11)14;/h7-8,11-14,17H,2-6,9-10H2,1H3;1H. The molecule has 3 aliphatic rings. The van der Waals surface area contributed by atoms with E-state index in [2.05, 4.69) is 15.2 Å². The lowest BCUT2D eigenvalue weighted by Crippen LogP contribution is -2.50. The third-order valence-corrected chi connectivity index (χ3v) is 5.62. The lowest BCUT2D eigenvalue weighted by Gasteiger charge is -2.36. The van der Waals surface area contributed by atoms with Gasteiger partial charge in [-0.05, 0) is 24.7 Å². The van der Waals surface area contributed by atoms with Gasteiger partial charge in [0.2, 0.25) is 5.91 Å². The molecule has 3 unspecified atom stereocenters. The predicted molar refractivity (Wildman–Crippen MR) is 86.7 cm³/mol. The molecule has 1 aromatic heterocycles. The number of hydrogen-bond acceptors (Lipinski definition) is 3. The Hall–Kier alpha value is -1.07. The minimum Gasteiger partial charge on any atom is -0.336 e. The van der Waals surface area contributed by atoms with E-state index in [1.807, 2.05) is 24.0 Å². The number of piperazine rings is 1. The topological polar surface area (TPSA) is 50.2 Å². The third-order valence-electron chi connectivity index (χ3n) is 5.62. The van der Waals surface area contributed by atoms with Crippen LogP contribution in [-0.4, -0.2) is 40.0 Å². The Kier molecular flexibility index (Phi) is 4.46. The molecule has 3 fully saturated rings. The minimum atomic E-state index is 0. The second-order valence-electron chi connectivity index (χ2n) is 6.79. The molecule has 4 rings (SSSR count). The van der Waals surface area contributed by atoms with E-state index >= 15 is 0 Å². The van der Waals surface area contributed by atoms with Gasteiger partial charge in [0.05, 0.1) is 0 Å². The number of amides is 1. The summed E-state index contributed by atoms with van der Waals surface area (Å²) < 4.78 is 2.04. The maximum Gasteiger partial charge on any atom is 0.226 e. The van der Waals surface area contributed by atoms with Crippen molar-refractivity contribution in [2.24, 2.45) is 24.8 Å². The molecule has 1 aliphatic heterocycles. The van der Waals surface area contributed by atoms with Gasteiger partial charge in [-0.2, -0.15) is 0 Å². The Morgan fingerprint density at radius 1 is 1.32 bits per heavy atom. The molecule has 5 nitrogen and oxygen atoms in total. The molecule has 1 aromatic rings. The van der Waals surface area contributed by atoms with Gasteiger partial charge in [0.25, 0.3) is 0 Å². The maximum absolute atomic E-state index is 13.0. The first-order valence-corrected chi connectivity index (χ1v) is 8.26. The minimum absolute atomic E-state index is 0. The highest BCUT2D eigenvalue weighted by Gasteiger charge is 2.56. The van der Waals surface area contributed by atoms with E-state index < -0.39 is 0 Å². The maximum atomic E-state index is 13.0. The van der Waals surface area contributed by atoms with E-state index in [0.717, 1.165) is 25.5 Å². The first-order valence-electron chi connectivity index (χ1n) is 8.26. The molecule has 0 bridgehead atoms. The monoisotopic (exact) mass is 324 g/mol. The van der Waals surface area contributed by atoms with Gasteiger partial charge in [-0.1, -0.05) is 12.8 Å². The fourth-order valence-electron chi connectivity index (χ4n) is 4.45. The number of rotatable bonds is 2. The summed E-state index contributed by atoms with van der Waals surface area (Å²) in [5.74, 6) is 3.07. The van der Waals surface area contributed by atoms with Gasteiger partial charge >= 0.3 is 0 Å². The molecule has 0 radical (unpaired) electrons. The summed E-state index contributed by atoms with van der Waals surface area (Å²) in [7, 11) is 2.01. The van der Waals surface area contributed by atoms with Gasteiger partial charge < -0.3 is 14.8 Å². The fourth-order valence-corrected chi connectivity index (χ4v) is 4.45. The highest BCUT2D eigenvalue weighted by molar-refractivity contribution is 5.85. The smallest absolute Gasteiger partial charge is 0.226 e. The number of imidazole rings is 1. The van der Waals surface area contributed by atoms with Crippen molar-refractivity contribution in [2.75, 3.05) is 19.6 Å². The highest BCUT2D eigenvalue weighted by atomic mass is 35.5. The van der Waals surface area contributed by atoms with Crippen LogP contribution in [0.25, 0.3) is 0 Å². The first-order chi connectivity index (χ1) is 10.3. The number of carbonyl (C=O) groups excluding carboxylic acids is 1. The van der Waals surface area contributed by atoms with Crippen LogP contribution in [0.3, 0.4) is 0 Å².